The Kier molecular flexibility index (Phi) is 4.82. The predicted molar refractivity (Wildman–Crippen MR) is 97.5 cm³/mol. The number of aromatic nitrogens is 2. The van der Waals surface area contributed by atoms with Gasteiger partial charge in [0.2, 0.25) is 0 Å². The van der Waals surface area contributed by atoms with Crippen molar-refractivity contribution in [3.05, 3.63) is 40.8 Å². The van der Waals surface area contributed by atoms with Gasteiger partial charge in [-0.2, -0.15) is 0 Å². The standard InChI is InChI=1S/C18H19AsN2O4/c1-4-5-24-12-6-11(22)7-13(8-12)25-17-10-16-15(9-14(17)19)20(2)18(23)21(16)3/h6-10,22H,4-5H2,1-3H3. The Morgan fingerprint density at radius 1 is 1.04 bits per heavy atom. The molecule has 7 heteroatoms. The molecular formula is C18H19AsN2O4. The van der Waals surface area contributed by atoms with Gasteiger partial charge in [0.25, 0.3) is 0 Å². The second-order valence-electron chi connectivity index (χ2n) is 5.82. The van der Waals surface area contributed by atoms with Crippen LogP contribution in [0.3, 0.4) is 0 Å². The molecule has 0 saturated heterocycles. The van der Waals surface area contributed by atoms with E-state index in [-0.39, 0.29) is 11.4 Å². The molecule has 25 heavy (non-hydrogen) atoms. The Morgan fingerprint density at radius 2 is 1.68 bits per heavy atom. The van der Waals surface area contributed by atoms with E-state index in [0.29, 0.717) is 23.9 Å². The quantitative estimate of drug-likeness (QED) is 0.663. The van der Waals surface area contributed by atoms with E-state index in [4.69, 9.17) is 9.47 Å². The van der Waals surface area contributed by atoms with Gasteiger partial charge >= 0.3 is 154 Å². The van der Waals surface area contributed by atoms with Gasteiger partial charge in [-0.25, -0.2) is 0 Å². The number of hydrogen-bond donors (Lipinski definition) is 1. The van der Waals surface area contributed by atoms with E-state index in [1.165, 1.54) is 6.07 Å². The van der Waals surface area contributed by atoms with Gasteiger partial charge in [-0.05, 0) is 0 Å². The first-order chi connectivity index (χ1) is 11.9. The topological polar surface area (TPSA) is 65.6 Å². The normalized spacial score (nSPS) is 11.0. The van der Waals surface area contributed by atoms with Crippen molar-refractivity contribution in [1.29, 1.82) is 0 Å². The van der Waals surface area contributed by atoms with E-state index < -0.39 is 0 Å². The first-order valence-electron chi connectivity index (χ1n) is 7.94. The minimum atomic E-state index is -0.0911. The minimum absolute atomic E-state index is 0.0731. The fourth-order valence-corrected chi connectivity index (χ4v) is 3.13. The molecule has 0 unspecified atom stereocenters. The van der Waals surface area contributed by atoms with Gasteiger partial charge in [-0.15, -0.1) is 0 Å². The molecule has 2 radical (unpaired) electrons. The molecule has 0 aliphatic rings. The summed E-state index contributed by atoms with van der Waals surface area (Å²) in [4.78, 5) is 12.1. The van der Waals surface area contributed by atoms with Crippen molar-refractivity contribution in [3.63, 3.8) is 0 Å². The van der Waals surface area contributed by atoms with Crippen LogP contribution in [-0.2, 0) is 14.1 Å². The number of ether oxygens (including phenoxy) is 2. The maximum atomic E-state index is 12.1. The number of rotatable bonds is 5. The molecule has 6 nitrogen and oxygen atoms in total. The van der Waals surface area contributed by atoms with Crippen molar-refractivity contribution >= 4 is 32.2 Å². The number of fused-ring (bicyclic) bond motifs is 1. The fraction of sp³-hybridized carbons (Fsp3) is 0.278. The van der Waals surface area contributed by atoms with Crippen LogP contribution in [-0.4, -0.2) is 37.7 Å². The van der Waals surface area contributed by atoms with Crippen LogP contribution in [0.15, 0.2) is 35.1 Å². The molecule has 2 aromatic carbocycles. The van der Waals surface area contributed by atoms with Crippen molar-refractivity contribution in [2.45, 2.75) is 13.3 Å². The van der Waals surface area contributed by atoms with Crippen LogP contribution < -0.4 is 19.5 Å². The average Bonchev–Trinajstić information content (AvgIpc) is 2.77. The number of benzene rings is 2. The van der Waals surface area contributed by atoms with Crippen molar-refractivity contribution in [3.8, 4) is 23.0 Å². The summed E-state index contributed by atoms with van der Waals surface area (Å²) in [5.41, 5.74) is 1.52. The van der Waals surface area contributed by atoms with E-state index in [2.05, 4.69) is 16.9 Å². The molecule has 1 N–H and O–H groups in total. The average molecular weight is 402 g/mol. The second-order valence-corrected chi connectivity index (χ2v) is 6.83. The summed E-state index contributed by atoms with van der Waals surface area (Å²) in [5.74, 6) is 1.69. The molecule has 3 aromatic rings. The summed E-state index contributed by atoms with van der Waals surface area (Å²) < 4.78 is 15.5. The van der Waals surface area contributed by atoms with E-state index in [0.717, 1.165) is 21.8 Å². The summed E-state index contributed by atoms with van der Waals surface area (Å²) in [6.45, 7) is 2.58. The summed E-state index contributed by atoms with van der Waals surface area (Å²) in [7, 11) is 3.47. The molecule has 130 valence electrons. The van der Waals surface area contributed by atoms with Crippen molar-refractivity contribution in [2.75, 3.05) is 6.61 Å². The van der Waals surface area contributed by atoms with Crippen LogP contribution in [0.2, 0.25) is 0 Å². The van der Waals surface area contributed by atoms with Gasteiger partial charge in [-0.3, -0.25) is 0 Å². The molecule has 1 aromatic heterocycles. The summed E-state index contributed by atoms with van der Waals surface area (Å²) >= 11 is 2.44. The third kappa shape index (κ3) is 3.40. The van der Waals surface area contributed by atoms with Gasteiger partial charge in [0.05, 0.1) is 0 Å². The number of nitrogens with zero attached hydrogens (tertiary/aromatic N) is 2. The SMILES string of the molecule is CCCOc1cc(O)cc(Oc2cc3c(cc2[As])n(C)c(=O)n3C)c1. The third-order valence-electron chi connectivity index (χ3n) is 3.92. The van der Waals surface area contributed by atoms with Crippen LogP contribution in [0.1, 0.15) is 13.3 Å². The van der Waals surface area contributed by atoms with E-state index in [9.17, 15) is 9.90 Å². The molecule has 0 amide bonds. The monoisotopic (exact) mass is 402 g/mol. The van der Waals surface area contributed by atoms with Gasteiger partial charge < -0.3 is 0 Å². The van der Waals surface area contributed by atoms with E-state index in [1.54, 1.807) is 35.4 Å². The number of phenolic OH excluding ortho intramolecular Hbond substituents is 1. The second kappa shape index (κ2) is 6.88. The number of aryl methyl sites for hydroxylation is 2. The van der Waals surface area contributed by atoms with Crippen LogP contribution in [0.5, 0.6) is 23.0 Å². The molecule has 0 fully saturated rings. The van der Waals surface area contributed by atoms with Crippen molar-refractivity contribution < 1.29 is 14.6 Å². The van der Waals surface area contributed by atoms with Crippen molar-refractivity contribution in [1.82, 2.24) is 9.13 Å². The van der Waals surface area contributed by atoms with Crippen LogP contribution in [0.25, 0.3) is 11.0 Å². The van der Waals surface area contributed by atoms with E-state index in [1.807, 2.05) is 19.1 Å². The molecule has 0 aliphatic heterocycles. The summed E-state index contributed by atoms with van der Waals surface area (Å²) in [6, 6.07) is 8.52. The molecule has 0 spiro atoms. The van der Waals surface area contributed by atoms with Crippen LogP contribution in [0.4, 0.5) is 0 Å². The first kappa shape index (κ1) is 17.5. The Labute approximate surface area is 154 Å². The van der Waals surface area contributed by atoms with Gasteiger partial charge in [0.15, 0.2) is 0 Å². The Bertz CT molecular complexity index is 991. The van der Waals surface area contributed by atoms with Gasteiger partial charge in [-0.1, -0.05) is 0 Å². The summed E-state index contributed by atoms with van der Waals surface area (Å²) in [5, 5.41) is 9.88. The van der Waals surface area contributed by atoms with E-state index >= 15 is 0 Å². The molecule has 1 heterocycles. The van der Waals surface area contributed by atoms with Gasteiger partial charge in [0.1, 0.15) is 0 Å². The van der Waals surface area contributed by atoms with Crippen LogP contribution in [0, 0.1) is 0 Å². The zero-order valence-corrected chi connectivity index (χ0v) is 16.2. The fourth-order valence-electron chi connectivity index (χ4n) is 2.64. The number of imidazole rings is 1. The summed E-state index contributed by atoms with van der Waals surface area (Å²) in [6.07, 6.45) is 0.876. The zero-order chi connectivity index (χ0) is 18.1. The molecule has 0 atom stereocenters. The number of aromatic hydroxyl groups is 1. The molecule has 0 aliphatic carbocycles. The third-order valence-corrected chi connectivity index (χ3v) is 4.65. The predicted octanol–water partition coefficient (Wildman–Crippen LogP) is 1.96. The Balaban J connectivity index is 2.00. The Hall–Kier alpha value is -2.33. The molecule has 0 saturated carbocycles. The Morgan fingerprint density at radius 3 is 2.36 bits per heavy atom. The molecular weight excluding hydrogens is 383 g/mol. The van der Waals surface area contributed by atoms with Gasteiger partial charge in [0, 0.05) is 0 Å². The van der Waals surface area contributed by atoms with Crippen LogP contribution >= 0.6 is 0 Å². The number of hydrogen-bond acceptors (Lipinski definition) is 4. The maximum absolute atomic E-state index is 12.1. The molecule has 3 rings (SSSR count). The number of phenols is 1. The van der Waals surface area contributed by atoms with Crippen molar-refractivity contribution in [2.24, 2.45) is 14.1 Å². The zero-order valence-electron chi connectivity index (χ0n) is 14.3. The molecule has 0 bridgehead atoms. The first-order valence-corrected chi connectivity index (χ1v) is 8.87.